The summed E-state index contributed by atoms with van der Waals surface area (Å²) in [5.41, 5.74) is 5.47. The molecule has 0 fully saturated rings. The zero-order valence-electron chi connectivity index (χ0n) is 16.7. The van der Waals surface area contributed by atoms with E-state index in [9.17, 15) is 5.11 Å². The second kappa shape index (κ2) is 8.97. The molecule has 1 heterocycles. The van der Waals surface area contributed by atoms with Gasteiger partial charge in [-0.15, -0.1) is 11.8 Å². The van der Waals surface area contributed by atoms with Crippen LogP contribution in [0.1, 0.15) is 23.1 Å². The normalized spacial score (nSPS) is 13.8. The first kappa shape index (κ1) is 19.9. The molecule has 0 aromatic heterocycles. The maximum atomic E-state index is 10.5. The van der Waals surface area contributed by atoms with Gasteiger partial charge in [0, 0.05) is 34.7 Å². The van der Waals surface area contributed by atoms with E-state index >= 15 is 0 Å². The number of aliphatic hydroxyl groups is 1. The Hall–Kier alpha value is -2.37. The van der Waals surface area contributed by atoms with Gasteiger partial charge in [0.2, 0.25) is 5.69 Å². The van der Waals surface area contributed by atoms with Gasteiger partial charge in [0.15, 0.2) is 0 Å². The number of hydrogen-bond acceptors (Lipinski definition) is 3. The van der Waals surface area contributed by atoms with Crippen LogP contribution < -0.4 is 9.30 Å². The van der Waals surface area contributed by atoms with E-state index < -0.39 is 0 Å². The Morgan fingerprint density at radius 3 is 2.55 bits per heavy atom. The lowest BCUT2D eigenvalue weighted by Gasteiger charge is -2.17. The quantitative estimate of drug-likeness (QED) is 0.349. The molecule has 3 aromatic carbocycles. The van der Waals surface area contributed by atoms with Gasteiger partial charge in [0.1, 0.15) is 0 Å². The molecule has 1 aliphatic rings. The summed E-state index contributed by atoms with van der Waals surface area (Å²) in [6.07, 6.45) is 2.29. The Balaban J connectivity index is 1.45. The molecule has 2 N–H and O–H groups in total. The zero-order chi connectivity index (χ0) is 20.2. The standard InChI is InChI=1S/C24H24N2OS2/c1-17-5-10-21(11-6-17)26(2)29-22-12-8-20(9-13-22)25-24(27)19-7-14-23-18(16-19)4-3-15-28-23/h5-14,16H,3-4,15H2,1-2H3,(H,25,27)/p+1. The van der Waals surface area contributed by atoms with Crippen LogP contribution in [-0.4, -0.2) is 23.8 Å². The number of hydrogen-bond donors (Lipinski definition) is 2. The number of thioether (sulfide) groups is 1. The van der Waals surface area contributed by atoms with Crippen molar-refractivity contribution in [2.75, 3.05) is 17.1 Å². The summed E-state index contributed by atoms with van der Waals surface area (Å²) < 4.78 is 2.15. The van der Waals surface area contributed by atoms with Crippen LogP contribution in [0.25, 0.3) is 0 Å². The molecular weight excluding hydrogens is 396 g/mol. The summed E-state index contributed by atoms with van der Waals surface area (Å²) in [5, 5.41) is 10.5. The van der Waals surface area contributed by atoms with Crippen molar-refractivity contribution in [1.82, 2.24) is 0 Å². The third-order valence-electron chi connectivity index (χ3n) is 4.94. The van der Waals surface area contributed by atoms with Crippen LogP contribution >= 0.6 is 23.7 Å². The number of aryl methyl sites for hydroxylation is 2. The summed E-state index contributed by atoms with van der Waals surface area (Å²) in [6.45, 7) is 2.10. The van der Waals surface area contributed by atoms with E-state index in [0.29, 0.717) is 0 Å². The topological polar surface area (TPSA) is 37.4 Å². The molecule has 1 aliphatic heterocycles. The number of fused-ring (bicyclic) bond motifs is 1. The fraction of sp³-hybridized carbons (Fsp3) is 0.208. The van der Waals surface area contributed by atoms with Crippen LogP contribution in [0.4, 0.5) is 11.4 Å². The second-order valence-electron chi connectivity index (χ2n) is 7.20. The van der Waals surface area contributed by atoms with Gasteiger partial charge in [0.25, 0.3) is 0 Å². The summed E-state index contributed by atoms with van der Waals surface area (Å²) in [7, 11) is 2.06. The third-order valence-corrected chi connectivity index (χ3v) is 7.11. The Labute approximate surface area is 181 Å². The van der Waals surface area contributed by atoms with E-state index in [-0.39, 0.29) is 5.90 Å². The van der Waals surface area contributed by atoms with Gasteiger partial charge in [-0.1, -0.05) is 17.7 Å². The first-order valence-corrected chi connectivity index (χ1v) is 11.5. The number of rotatable bonds is 5. The molecule has 0 bridgehead atoms. The minimum Gasteiger partial charge on any atom is -0.459 e. The second-order valence-corrected chi connectivity index (χ2v) is 9.54. The molecule has 3 aromatic rings. The van der Waals surface area contributed by atoms with Crippen LogP contribution in [0.5, 0.6) is 0 Å². The van der Waals surface area contributed by atoms with Crippen LogP contribution in [-0.2, 0) is 6.42 Å². The van der Waals surface area contributed by atoms with E-state index in [1.54, 1.807) is 11.9 Å². The average Bonchev–Trinajstić information content (AvgIpc) is 2.75. The molecule has 29 heavy (non-hydrogen) atoms. The maximum Gasteiger partial charge on any atom is 0.371 e. The molecule has 0 aliphatic carbocycles. The number of nitrogens with one attached hydrogen (secondary N) is 1. The number of aliphatic hydroxyl groups excluding tert-OH is 1. The number of anilines is 1. The molecule has 5 heteroatoms. The maximum absolute atomic E-state index is 10.5. The highest BCUT2D eigenvalue weighted by Crippen LogP contribution is 2.30. The molecule has 0 amide bonds. The molecule has 0 saturated heterocycles. The minimum atomic E-state index is 0.195. The molecule has 0 saturated carbocycles. The van der Waals surface area contributed by atoms with Crippen LogP contribution in [0.15, 0.2) is 76.5 Å². The predicted octanol–water partition coefficient (Wildman–Crippen LogP) is 4.89. The smallest absolute Gasteiger partial charge is 0.371 e. The first-order chi connectivity index (χ1) is 14.1. The average molecular weight is 422 g/mol. The van der Waals surface area contributed by atoms with Gasteiger partial charge in [-0.3, -0.25) is 0 Å². The lowest BCUT2D eigenvalue weighted by atomic mass is 10.1. The van der Waals surface area contributed by atoms with Crippen LogP contribution in [0, 0.1) is 6.92 Å². The molecule has 3 nitrogen and oxygen atoms in total. The van der Waals surface area contributed by atoms with E-state index in [4.69, 9.17) is 0 Å². The Kier molecular flexibility index (Phi) is 6.16. The molecule has 4 rings (SSSR count). The highest BCUT2D eigenvalue weighted by Gasteiger charge is 2.15. The van der Waals surface area contributed by atoms with Crippen molar-refractivity contribution in [3.63, 3.8) is 0 Å². The van der Waals surface area contributed by atoms with E-state index in [1.807, 2.05) is 30.0 Å². The molecule has 0 radical (unpaired) electrons. The van der Waals surface area contributed by atoms with Crippen LogP contribution in [0.2, 0.25) is 0 Å². The fourth-order valence-electron chi connectivity index (χ4n) is 3.28. The van der Waals surface area contributed by atoms with Crippen molar-refractivity contribution >= 4 is 41.0 Å². The highest BCUT2D eigenvalue weighted by atomic mass is 32.2. The van der Waals surface area contributed by atoms with Gasteiger partial charge in [0.05, 0.1) is 5.56 Å². The summed E-state index contributed by atoms with van der Waals surface area (Å²) in [4.78, 5) is 5.61. The summed E-state index contributed by atoms with van der Waals surface area (Å²) >= 11 is 3.58. The monoisotopic (exact) mass is 421 g/mol. The highest BCUT2D eigenvalue weighted by molar-refractivity contribution is 8.00. The van der Waals surface area contributed by atoms with Gasteiger partial charge in [-0.25, -0.2) is 0 Å². The Morgan fingerprint density at radius 2 is 1.79 bits per heavy atom. The molecule has 0 atom stereocenters. The van der Waals surface area contributed by atoms with E-state index in [2.05, 4.69) is 71.8 Å². The van der Waals surface area contributed by atoms with Gasteiger partial charge in [-0.2, -0.15) is 4.99 Å². The minimum absolute atomic E-state index is 0.195. The van der Waals surface area contributed by atoms with Gasteiger partial charge in [-0.05, 0) is 85.5 Å². The van der Waals surface area contributed by atoms with Crippen molar-refractivity contribution in [2.24, 2.45) is 0 Å². The lowest BCUT2D eigenvalue weighted by molar-refractivity contribution is -0.364. The molecule has 0 spiro atoms. The van der Waals surface area contributed by atoms with Crippen molar-refractivity contribution in [3.8, 4) is 0 Å². The van der Waals surface area contributed by atoms with Crippen LogP contribution in [0.3, 0.4) is 0 Å². The van der Waals surface area contributed by atoms with Crippen molar-refractivity contribution in [1.29, 1.82) is 0 Å². The zero-order valence-corrected chi connectivity index (χ0v) is 18.3. The molecule has 148 valence electrons. The Morgan fingerprint density at radius 1 is 1.03 bits per heavy atom. The SMILES string of the molecule is Cc1ccc(N(C)Sc2ccc([NH+]=C(O)c3ccc4c(c3)CCCS4)cc2)cc1. The van der Waals surface area contributed by atoms with Gasteiger partial charge < -0.3 is 9.41 Å². The summed E-state index contributed by atoms with van der Waals surface area (Å²) in [5.74, 6) is 1.38. The lowest BCUT2D eigenvalue weighted by Crippen LogP contribution is -2.66. The number of nitrogens with zero attached hydrogens (tertiary/aromatic N) is 1. The molecule has 0 unspecified atom stereocenters. The largest absolute Gasteiger partial charge is 0.459 e. The first-order valence-electron chi connectivity index (χ1n) is 9.76. The predicted molar refractivity (Wildman–Crippen MR) is 125 cm³/mol. The molecular formula is C24H25N2OS2+. The summed E-state index contributed by atoms with van der Waals surface area (Å²) in [6, 6.07) is 22.8. The Bertz CT molecular complexity index is 1010. The number of benzene rings is 3. The van der Waals surface area contributed by atoms with E-state index in [1.165, 1.54) is 33.9 Å². The fourth-order valence-corrected chi connectivity index (χ4v) is 5.10. The van der Waals surface area contributed by atoms with Crippen molar-refractivity contribution < 1.29 is 10.1 Å². The van der Waals surface area contributed by atoms with E-state index in [0.717, 1.165) is 22.6 Å². The van der Waals surface area contributed by atoms with Gasteiger partial charge >= 0.3 is 5.90 Å². The third kappa shape index (κ3) is 4.98. The van der Waals surface area contributed by atoms with Crippen molar-refractivity contribution in [2.45, 2.75) is 29.6 Å². The van der Waals surface area contributed by atoms with Crippen molar-refractivity contribution in [3.05, 3.63) is 83.4 Å².